The molecule has 2 amide bonds. The van der Waals surface area contributed by atoms with Crippen LogP contribution in [0.5, 0.6) is 5.75 Å². The number of fused-ring (bicyclic) bond motifs is 1. The number of hydrogen-bond acceptors (Lipinski definition) is 5. The van der Waals surface area contributed by atoms with Crippen molar-refractivity contribution in [2.24, 2.45) is 0 Å². The molecule has 2 heterocycles. The minimum Gasteiger partial charge on any atom is -0.491 e. The van der Waals surface area contributed by atoms with Gasteiger partial charge in [-0.1, -0.05) is 0 Å². The summed E-state index contributed by atoms with van der Waals surface area (Å²) < 4.78 is 28.6. The van der Waals surface area contributed by atoms with Gasteiger partial charge in [-0.25, -0.2) is 8.42 Å². The molecule has 1 aromatic carbocycles. The number of rotatable bonds is 2. The fourth-order valence-electron chi connectivity index (χ4n) is 2.80. The van der Waals surface area contributed by atoms with Crippen LogP contribution in [0.3, 0.4) is 0 Å². The van der Waals surface area contributed by atoms with Crippen molar-refractivity contribution in [3.63, 3.8) is 0 Å². The van der Waals surface area contributed by atoms with Gasteiger partial charge < -0.3 is 15.0 Å². The van der Waals surface area contributed by atoms with Gasteiger partial charge in [0.05, 0.1) is 30.2 Å². The molecule has 1 aromatic rings. The van der Waals surface area contributed by atoms with Crippen molar-refractivity contribution in [1.82, 2.24) is 4.90 Å². The topological polar surface area (TPSA) is 92.8 Å². The second-order valence-corrected chi connectivity index (χ2v) is 8.06. The SMILES string of the molecule is CN(C(=O)c1ccc2c(c1)NC(=O)CCO2)C1CCS(=O)(=O)C1. The molecule has 23 heavy (non-hydrogen) atoms. The van der Waals surface area contributed by atoms with Crippen LogP contribution in [0.2, 0.25) is 0 Å². The number of carbonyl (C=O) groups is 2. The second kappa shape index (κ2) is 5.84. The van der Waals surface area contributed by atoms with Crippen molar-refractivity contribution in [2.75, 3.05) is 30.5 Å². The third-order valence-corrected chi connectivity index (χ3v) is 5.91. The number of nitrogens with zero attached hydrogens (tertiary/aromatic N) is 1. The van der Waals surface area contributed by atoms with Gasteiger partial charge in [-0.05, 0) is 24.6 Å². The Morgan fingerprint density at radius 2 is 2.17 bits per heavy atom. The highest BCUT2D eigenvalue weighted by molar-refractivity contribution is 7.91. The summed E-state index contributed by atoms with van der Waals surface area (Å²) in [6, 6.07) is 4.53. The molecule has 1 unspecified atom stereocenters. The normalized spacial score (nSPS) is 22.5. The molecule has 1 fully saturated rings. The number of nitrogens with one attached hydrogen (secondary N) is 1. The first-order valence-corrected chi connectivity index (χ1v) is 9.22. The molecule has 3 rings (SSSR count). The first kappa shape index (κ1) is 15.8. The van der Waals surface area contributed by atoms with E-state index in [1.165, 1.54) is 4.90 Å². The van der Waals surface area contributed by atoms with Crippen LogP contribution in [-0.4, -0.2) is 56.3 Å². The van der Waals surface area contributed by atoms with Gasteiger partial charge in [-0.3, -0.25) is 9.59 Å². The number of benzene rings is 1. The molecule has 2 aliphatic heterocycles. The lowest BCUT2D eigenvalue weighted by molar-refractivity contribution is -0.116. The Bertz CT molecular complexity index is 759. The monoisotopic (exact) mass is 338 g/mol. The van der Waals surface area contributed by atoms with Gasteiger partial charge in [0.1, 0.15) is 5.75 Å². The van der Waals surface area contributed by atoms with Crippen molar-refractivity contribution in [3.05, 3.63) is 23.8 Å². The molecule has 7 nitrogen and oxygen atoms in total. The lowest BCUT2D eigenvalue weighted by Crippen LogP contribution is -2.37. The van der Waals surface area contributed by atoms with Gasteiger partial charge in [0.25, 0.3) is 5.91 Å². The maximum atomic E-state index is 12.6. The van der Waals surface area contributed by atoms with E-state index in [2.05, 4.69) is 5.32 Å². The summed E-state index contributed by atoms with van der Waals surface area (Å²) in [5.74, 6) is 0.208. The quantitative estimate of drug-likeness (QED) is 0.855. The van der Waals surface area contributed by atoms with Crippen LogP contribution in [0.1, 0.15) is 23.2 Å². The van der Waals surface area contributed by atoms with Crippen molar-refractivity contribution in [3.8, 4) is 5.75 Å². The first-order valence-electron chi connectivity index (χ1n) is 7.40. The lowest BCUT2D eigenvalue weighted by atomic mass is 10.1. The largest absolute Gasteiger partial charge is 0.491 e. The molecular weight excluding hydrogens is 320 g/mol. The Kier molecular flexibility index (Phi) is 4.01. The highest BCUT2D eigenvalue weighted by Crippen LogP contribution is 2.29. The highest BCUT2D eigenvalue weighted by Gasteiger charge is 2.33. The number of carbonyl (C=O) groups excluding carboxylic acids is 2. The predicted octanol–water partition coefficient (Wildman–Crippen LogP) is 0.667. The average Bonchev–Trinajstić information content (AvgIpc) is 2.76. The van der Waals surface area contributed by atoms with Gasteiger partial charge in [-0.15, -0.1) is 0 Å². The Balaban J connectivity index is 1.81. The molecule has 124 valence electrons. The van der Waals surface area contributed by atoms with E-state index in [4.69, 9.17) is 4.74 Å². The van der Waals surface area contributed by atoms with Crippen LogP contribution < -0.4 is 10.1 Å². The summed E-state index contributed by atoms with van der Waals surface area (Å²) in [6.45, 7) is 0.298. The zero-order valence-corrected chi connectivity index (χ0v) is 13.6. The first-order chi connectivity index (χ1) is 10.9. The van der Waals surface area contributed by atoms with Crippen LogP contribution in [0.4, 0.5) is 5.69 Å². The van der Waals surface area contributed by atoms with E-state index in [0.717, 1.165) is 0 Å². The standard InChI is InChI=1S/C15H18N2O5S/c1-17(11-5-7-23(20,21)9-11)15(19)10-2-3-13-12(8-10)16-14(18)4-6-22-13/h2-3,8,11H,4-7,9H2,1H3,(H,16,18). The third-order valence-electron chi connectivity index (χ3n) is 4.16. The van der Waals surface area contributed by atoms with Crippen LogP contribution in [-0.2, 0) is 14.6 Å². The molecule has 2 aliphatic rings. The minimum absolute atomic E-state index is 0.0000275. The van der Waals surface area contributed by atoms with E-state index in [1.807, 2.05) is 0 Å². The second-order valence-electron chi connectivity index (χ2n) is 5.83. The summed E-state index contributed by atoms with van der Waals surface area (Å²) >= 11 is 0. The predicted molar refractivity (Wildman–Crippen MR) is 84.3 cm³/mol. The minimum atomic E-state index is -3.05. The molecular formula is C15H18N2O5S. The highest BCUT2D eigenvalue weighted by atomic mass is 32.2. The molecule has 1 atom stereocenters. The fourth-order valence-corrected chi connectivity index (χ4v) is 4.58. The van der Waals surface area contributed by atoms with E-state index in [1.54, 1.807) is 25.2 Å². The van der Waals surface area contributed by atoms with Gasteiger partial charge in [0.2, 0.25) is 5.91 Å². The Hall–Kier alpha value is -2.09. The molecule has 0 saturated carbocycles. The summed E-state index contributed by atoms with van der Waals surface area (Å²) in [6.07, 6.45) is 0.715. The van der Waals surface area contributed by atoms with Crippen LogP contribution in [0.15, 0.2) is 18.2 Å². The Labute approximate surface area is 134 Å². The van der Waals surface area contributed by atoms with Gasteiger partial charge >= 0.3 is 0 Å². The Morgan fingerprint density at radius 3 is 2.87 bits per heavy atom. The number of amides is 2. The van der Waals surface area contributed by atoms with Crippen LogP contribution >= 0.6 is 0 Å². The molecule has 1 saturated heterocycles. The number of hydrogen-bond donors (Lipinski definition) is 1. The molecule has 0 aliphatic carbocycles. The third kappa shape index (κ3) is 3.31. The maximum Gasteiger partial charge on any atom is 0.253 e. The van der Waals surface area contributed by atoms with Crippen molar-refractivity contribution < 1.29 is 22.7 Å². The lowest BCUT2D eigenvalue weighted by Gasteiger charge is -2.23. The molecule has 0 radical (unpaired) electrons. The zero-order chi connectivity index (χ0) is 16.6. The summed E-state index contributed by atoms with van der Waals surface area (Å²) in [7, 11) is -1.45. The van der Waals surface area contributed by atoms with E-state index in [9.17, 15) is 18.0 Å². The number of anilines is 1. The van der Waals surface area contributed by atoms with E-state index in [-0.39, 0.29) is 35.8 Å². The van der Waals surface area contributed by atoms with E-state index in [0.29, 0.717) is 30.0 Å². The van der Waals surface area contributed by atoms with E-state index >= 15 is 0 Å². The molecule has 0 aromatic heterocycles. The van der Waals surface area contributed by atoms with Gasteiger partial charge in [0.15, 0.2) is 9.84 Å². The van der Waals surface area contributed by atoms with Crippen molar-refractivity contribution in [1.29, 1.82) is 0 Å². The molecule has 1 N–H and O–H groups in total. The fraction of sp³-hybridized carbons (Fsp3) is 0.467. The summed E-state index contributed by atoms with van der Waals surface area (Å²) in [5.41, 5.74) is 0.854. The molecule has 0 spiro atoms. The van der Waals surface area contributed by atoms with Crippen LogP contribution in [0, 0.1) is 0 Å². The smallest absolute Gasteiger partial charge is 0.253 e. The van der Waals surface area contributed by atoms with Crippen molar-refractivity contribution in [2.45, 2.75) is 18.9 Å². The number of ether oxygens (including phenoxy) is 1. The van der Waals surface area contributed by atoms with Gasteiger partial charge in [-0.2, -0.15) is 0 Å². The zero-order valence-electron chi connectivity index (χ0n) is 12.7. The molecule has 0 bridgehead atoms. The number of sulfone groups is 1. The van der Waals surface area contributed by atoms with E-state index < -0.39 is 9.84 Å². The Morgan fingerprint density at radius 1 is 1.39 bits per heavy atom. The maximum absolute atomic E-state index is 12.6. The molecule has 8 heteroatoms. The van der Waals surface area contributed by atoms with Crippen molar-refractivity contribution >= 4 is 27.3 Å². The summed E-state index contributed by atoms with van der Waals surface area (Å²) in [4.78, 5) is 25.6. The van der Waals surface area contributed by atoms with Gasteiger partial charge in [0, 0.05) is 18.7 Å². The average molecular weight is 338 g/mol. The summed E-state index contributed by atoms with van der Waals surface area (Å²) in [5, 5.41) is 2.71. The van der Waals surface area contributed by atoms with Crippen LogP contribution in [0.25, 0.3) is 0 Å².